The van der Waals surface area contributed by atoms with Crippen molar-refractivity contribution in [1.29, 1.82) is 0 Å². The number of hydrogen-bond acceptors (Lipinski definition) is 7. The third-order valence-electron chi connectivity index (χ3n) is 5.18. The molecule has 1 N–H and O–H groups in total. The lowest BCUT2D eigenvalue weighted by Crippen LogP contribution is -2.54. The Morgan fingerprint density at radius 1 is 1.17 bits per heavy atom. The van der Waals surface area contributed by atoms with Gasteiger partial charge in [0.05, 0.1) is 11.8 Å². The fourth-order valence-electron chi connectivity index (χ4n) is 3.80. The van der Waals surface area contributed by atoms with Gasteiger partial charge in [0.2, 0.25) is 0 Å². The lowest BCUT2D eigenvalue weighted by Gasteiger charge is -2.41. The molecule has 0 saturated carbocycles. The molecule has 2 aromatic rings. The first-order chi connectivity index (χ1) is 13.9. The fraction of sp³-hybridized carbons (Fsp3) is 0.545. The van der Waals surface area contributed by atoms with E-state index in [-0.39, 0.29) is 0 Å². The van der Waals surface area contributed by atoms with Gasteiger partial charge in [-0.1, -0.05) is 12.1 Å². The molecule has 1 fully saturated rings. The average Bonchev–Trinajstić information content (AvgIpc) is 2.69. The second-order valence-electron chi connectivity index (χ2n) is 8.28. The minimum atomic E-state index is -0.750. The largest absolute Gasteiger partial charge is 0.492 e. The van der Waals surface area contributed by atoms with Gasteiger partial charge in [-0.25, -0.2) is 4.98 Å². The third-order valence-corrected chi connectivity index (χ3v) is 5.18. The van der Waals surface area contributed by atoms with Crippen LogP contribution in [0.3, 0.4) is 0 Å². The van der Waals surface area contributed by atoms with Gasteiger partial charge in [0.15, 0.2) is 0 Å². The summed E-state index contributed by atoms with van der Waals surface area (Å²) in [5.74, 6) is 1.72. The van der Waals surface area contributed by atoms with Crippen molar-refractivity contribution in [2.45, 2.75) is 25.0 Å². The molecule has 158 valence electrons. The molecule has 0 spiro atoms. The molecule has 0 radical (unpaired) electrons. The topological polar surface area (TPSA) is 65.0 Å². The van der Waals surface area contributed by atoms with Gasteiger partial charge < -0.3 is 19.6 Å². The van der Waals surface area contributed by atoms with Gasteiger partial charge in [-0.3, -0.25) is 9.88 Å². The Bertz CT molecular complexity index is 741. The van der Waals surface area contributed by atoms with Crippen molar-refractivity contribution >= 4 is 5.82 Å². The highest BCUT2D eigenvalue weighted by Gasteiger charge is 2.34. The zero-order chi connectivity index (χ0) is 20.7. The normalized spacial score (nSPS) is 19.7. The standard InChI is InChI=1S/C22H33N5O2/c1-25(2)13-14-29-20-7-5-19(6-8-20)16-26(3)17-22(28)9-4-12-27(18-22)21-15-23-10-11-24-21/h5-8,10-11,15,28H,4,9,12-14,16-18H2,1-3H3/t22-/m1/s1. The zero-order valence-electron chi connectivity index (χ0n) is 17.8. The number of hydrogen-bond donors (Lipinski definition) is 1. The molecule has 2 heterocycles. The van der Waals surface area contributed by atoms with E-state index in [1.165, 1.54) is 5.56 Å². The molecule has 1 aliphatic heterocycles. The Labute approximate surface area is 173 Å². The Morgan fingerprint density at radius 2 is 1.97 bits per heavy atom. The molecule has 3 rings (SSSR count). The number of rotatable bonds is 9. The number of anilines is 1. The van der Waals surface area contributed by atoms with Crippen molar-refractivity contribution in [3.63, 3.8) is 0 Å². The van der Waals surface area contributed by atoms with Crippen LogP contribution in [0.5, 0.6) is 5.75 Å². The lowest BCUT2D eigenvalue weighted by molar-refractivity contribution is -0.00349. The van der Waals surface area contributed by atoms with Gasteiger partial charge in [0, 0.05) is 45.1 Å². The summed E-state index contributed by atoms with van der Waals surface area (Å²) in [6.07, 6.45) is 6.87. The smallest absolute Gasteiger partial charge is 0.147 e. The van der Waals surface area contributed by atoms with E-state index in [1.54, 1.807) is 18.6 Å². The molecule has 0 unspecified atom stereocenters. The van der Waals surface area contributed by atoms with Crippen LogP contribution in [0, 0.1) is 0 Å². The average molecular weight is 400 g/mol. The van der Waals surface area contributed by atoms with Crippen molar-refractivity contribution in [3.05, 3.63) is 48.4 Å². The van der Waals surface area contributed by atoms with Gasteiger partial charge in [0.25, 0.3) is 0 Å². The van der Waals surface area contributed by atoms with Crippen LogP contribution in [0.4, 0.5) is 5.82 Å². The molecule has 7 heteroatoms. The summed E-state index contributed by atoms with van der Waals surface area (Å²) in [6.45, 7) is 4.46. The van der Waals surface area contributed by atoms with E-state index < -0.39 is 5.60 Å². The first kappa shape index (κ1) is 21.5. The quantitative estimate of drug-likeness (QED) is 0.691. The van der Waals surface area contributed by atoms with Gasteiger partial charge in [-0.15, -0.1) is 0 Å². The highest BCUT2D eigenvalue weighted by molar-refractivity contribution is 5.36. The number of nitrogens with zero attached hydrogens (tertiary/aromatic N) is 5. The summed E-state index contributed by atoms with van der Waals surface area (Å²) >= 11 is 0. The summed E-state index contributed by atoms with van der Waals surface area (Å²) in [6, 6.07) is 8.23. The van der Waals surface area contributed by atoms with E-state index in [4.69, 9.17) is 4.74 Å². The third kappa shape index (κ3) is 6.66. The molecule has 1 saturated heterocycles. The molecule has 29 heavy (non-hydrogen) atoms. The van der Waals surface area contributed by atoms with Crippen LogP contribution in [0.1, 0.15) is 18.4 Å². The summed E-state index contributed by atoms with van der Waals surface area (Å²) in [4.78, 5) is 14.9. The minimum Gasteiger partial charge on any atom is -0.492 e. The summed E-state index contributed by atoms with van der Waals surface area (Å²) in [7, 11) is 6.13. The van der Waals surface area contributed by atoms with Crippen molar-refractivity contribution in [1.82, 2.24) is 19.8 Å². The molecule has 1 aromatic heterocycles. The fourth-order valence-corrected chi connectivity index (χ4v) is 3.80. The summed E-state index contributed by atoms with van der Waals surface area (Å²) in [5, 5.41) is 11.2. The Morgan fingerprint density at radius 3 is 2.66 bits per heavy atom. The van der Waals surface area contributed by atoms with Crippen LogP contribution in [0.2, 0.25) is 0 Å². The van der Waals surface area contributed by atoms with Crippen molar-refractivity contribution in [3.8, 4) is 5.75 Å². The predicted molar refractivity (Wildman–Crippen MR) is 115 cm³/mol. The van der Waals surface area contributed by atoms with Crippen LogP contribution in [-0.4, -0.2) is 84.4 Å². The Hall–Kier alpha value is -2.22. The molecular weight excluding hydrogens is 366 g/mol. The molecule has 1 aliphatic rings. The van der Waals surface area contributed by atoms with E-state index in [9.17, 15) is 5.11 Å². The van der Waals surface area contributed by atoms with Crippen LogP contribution in [0.25, 0.3) is 0 Å². The number of likely N-dealkylation sites (N-methyl/N-ethyl adjacent to an activating group) is 2. The van der Waals surface area contributed by atoms with Crippen LogP contribution in [-0.2, 0) is 6.54 Å². The number of piperidine rings is 1. The molecular formula is C22H33N5O2. The maximum Gasteiger partial charge on any atom is 0.147 e. The first-order valence-corrected chi connectivity index (χ1v) is 10.2. The van der Waals surface area contributed by atoms with Crippen molar-refractivity contribution in [2.24, 2.45) is 0 Å². The predicted octanol–water partition coefficient (Wildman–Crippen LogP) is 1.88. The molecule has 0 amide bonds. The van der Waals surface area contributed by atoms with Crippen molar-refractivity contribution < 1.29 is 9.84 Å². The van der Waals surface area contributed by atoms with Crippen LogP contribution >= 0.6 is 0 Å². The number of benzene rings is 1. The van der Waals surface area contributed by atoms with E-state index in [2.05, 4.69) is 43.8 Å². The number of β-amino-alcohol motifs (C(OH)–C–C–N with tert-alkyl or cyclic N) is 1. The Balaban J connectivity index is 1.51. The van der Waals surface area contributed by atoms with E-state index in [0.717, 1.165) is 44.0 Å². The lowest BCUT2D eigenvalue weighted by atomic mass is 9.92. The molecule has 0 aliphatic carbocycles. The van der Waals surface area contributed by atoms with Gasteiger partial charge in [-0.2, -0.15) is 0 Å². The summed E-state index contributed by atoms with van der Waals surface area (Å²) < 4.78 is 5.76. The zero-order valence-corrected chi connectivity index (χ0v) is 17.8. The van der Waals surface area contributed by atoms with E-state index in [1.807, 2.05) is 26.2 Å². The second kappa shape index (κ2) is 10.0. The number of ether oxygens (including phenoxy) is 1. The molecule has 0 bridgehead atoms. The van der Waals surface area contributed by atoms with E-state index in [0.29, 0.717) is 19.7 Å². The number of aromatic nitrogens is 2. The highest BCUT2D eigenvalue weighted by Crippen LogP contribution is 2.25. The SMILES string of the molecule is CN(C)CCOc1ccc(CN(C)C[C@]2(O)CCCN(c3cnccn3)C2)cc1. The first-order valence-electron chi connectivity index (χ1n) is 10.2. The van der Waals surface area contributed by atoms with Crippen molar-refractivity contribution in [2.75, 3.05) is 58.8 Å². The van der Waals surface area contributed by atoms with Crippen LogP contribution in [0.15, 0.2) is 42.9 Å². The molecule has 1 atom stereocenters. The summed E-state index contributed by atoms with van der Waals surface area (Å²) in [5.41, 5.74) is 0.456. The minimum absolute atomic E-state index is 0.578. The second-order valence-corrected chi connectivity index (χ2v) is 8.28. The van der Waals surface area contributed by atoms with Gasteiger partial charge in [-0.05, 0) is 51.7 Å². The number of aliphatic hydroxyl groups is 1. The van der Waals surface area contributed by atoms with E-state index >= 15 is 0 Å². The van der Waals surface area contributed by atoms with Gasteiger partial charge >= 0.3 is 0 Å². The highest BCUT2D eigenvalue weighted by atomic mass is 16.5. The van der Waals surface area contributed by atoms with Gasteiger partial charge in [0.1, 0.15) is 18.2 Å². The monoisotopic (exact) mass is 399 g/mol. The van der Waals surface area contributed by atoms with Crippen LogP contribution < -0.4 is 9.64 Å². The maximum absolute atomic E-state index is 11.2. The maximum atomic E-state index is 11.2. The molecule has 1 aromatic carbocycles. The Kier molecular flexibility index (Phi) is 7.41. The molecule has 7 nitrogen and oxygen atoms in total.